The van der Waals surface area contributed by atoms with Gasteiger partial charge in [-0.25, -0.2) is 0 Å². The number of halogens is 1. The topological polar surface area (TPSA) is 94.0 Å². The van der Waals surface area contributed by atoms with E-state index in [4.69, 9.17) is 10.3 Å². The number of nitrogens with two attached hydrogens (primary N) is 1. The molecule has 1 amide bonds. The quantitative estimate of drug-likeness (QED) is 0.813. The molecule has 0 spiro atoms. The first-order chi connectivity index (χ1) is 11.0. The predicted molar refractivity (Wildman–Crippen MR) is 97.2 cm³/mol. The van der Waals surface area contributed by atoms with Crippen molar-refractivity contribution in [2.24, 2.45) is 5.73 Å². The van der Waals surface area contributed by atoms with E-state index >= 15 is 0 Å². The maximum atomic E-state index is 11.9. The van der Waals surface area contributed by atoms with Gasteiger partial charge in [0.05, 0.1) is 17.0 Å². The Labute approximate surface area is 151 Å². The van der Waals surface area contributed by atoms with Gasteiger partial charge in [0, 0.05) is 5.69 Å². The number of thioether (sulfide) groups is 1. The maximum absolute atomic E-state index is 11.9. The van der Waals surface area contributed by atoms with Crippen LogP contribution in [-0.4, -0.2) is 21.8 Å². The first kappa shape index (κ1) is 18.8. The molecular weight excluding hydrogens is 348 g/mol. The Bertz CT molecular complexity index is 686. The Kier molecular flexibility index (Phi) is 6.26. The largest absolute Gasteiger partial charge is 0.338 e. The first-order valence-electron chi connectivity index (χ1n) is 7.61. The Balaban J connectivity index is 0.00000208. The average Bonchev–Trinajstić information content (AvgIpc) is 2.96. The molecule has 0 atom stereocenters. The minimum atomic E-state index is -0.408. The molecule has 0 aliphatic heterocycles. The normalized spacial score (nSPS) is 15.2. The molecule has 0 bridgehead atoms. The van der Waals surface area contributed by atoms with Crippen LogP contribution in [0, 0.1) is 6.92 Å². The molecule has 0 radical (unpaired) electrons. The average molecular weight is 369 g/mol. The van der Waals surface area contributed by atoms with Crippen molar-refractivity contribution in [1.29, 1.82) is 0 Å². The number of amides is 1. The van der Waals surface area contributed by atoms with E-state index in [1.165, 1.54) is 11.8 Å². The number of nitrogens with zero attached hydrogens (tertiary/aromatic N) is 2. The van der Waals surface area contributed by atoms with Crippen molar-refractivity contribution in [2.45, 2.75) is 37.5 Å². The fourth-order valence-electron chi connectivity index (χ4n) is 2.36. The standard InChI is InChI=1S/C16H20N4O2S.ClH/c1-11-3-5-12(6-4-11)18-13(21)9-23-10-14-19-15(20-22-14)16(17)7-2-8-16;/h3-6H,2,7-10,17H2,1H3,(H,18,21);1H. The van der Waals surface area contributed by atoms with Crippen molar-refractivity contribution >= 4 is 35.8 Å². The molecule has 1 heterocycles. The lowest BCUT2D eigenvalue weighted by Gasteiger charge is -2.34. The van der Waals surface area contributed by atoms with Crippen LogP contribution in [0.1, 0.15) is 36.5 Å². The Morgan fingerprint density at radius 1 is 1.38 bits per heavy atom. The second-order valence-corrected chi connectivity index (χ2v) is 6.91. The number of hydrogen-bond donors (Lipinski definition) is 2. The lowest BCUT2D eigenvalue weighted by molar-refractivity contribution is -0.113. The first-order valence-corrected chi connectivity index (χ1v) is 8.77. The molecule has 1 fully saturated rings. The van der Waals surface area contributed by atoms with Gasteiger partial charge in [-0.15, -0.1) is 24.2 Å². The second kappa shape index (κ2) is 8.00. The maximum Gasteiger partial charge on any atom is 0.236 e. The van der Waals surface area contributed by atoms with Gasteiger partial charge in [-0.1, -0.05) is 22.9 Å². The lowest BCUT2D eigenvalue weighted by atomic mass is 9.77. The second-order valence-electron chi connectivity index (χ2n) is 5.93. The van der Waals surface area contributed by atoms with E-state index in [-0.39, 0.29) is 18.3 Å². The summed E-state index contributed by atoms with van der Waals surface area (Å²) >= 11 is 1.44. The zero-order valence-electron chi connectivity index (χ0n) is 13.4. The summed E-state index contributed by atoms with van der Waals surface area (Å²) in [5.74, 6) is 1.89. The Morgan fingerprint density at radius 2 is 2.08 bits per heavy atom. The summed E-state index contributed by atoms with van der Waals surface area (Å²) in [7, 11) is 0. The van der Waals surface area contributed by atoms with E-state index in [1.807, 2.05) is 31.2 Å². The molecule has 0 saturated heterocycles. The minimum Gasteiger partial charge on any atom is -0.338 e. The van der Waals surface area contributed by atoms with Crippen LogP contribution < -0.4 is 11.1 Å². The fraction of sp³-hybridized carbons (Fsp3) is 0.438. The summed E-state index contributed by atoms with van der Waals surface area (Å²) < 4.78 is 5.21. The Hall–Kier alpha value is -1.57. The van der Waals surface area contributed by atoms with Crippen molar-refractivity contribution < 1.29 is 9.32 Å². The highest BCUT2D eigenvalue weighted by Gasteiger charge is 2.38. The van der Waals surface area contributed by atoms with Crippen LogP contribution in [-0.2, 0) is 16.1 Å². The highest BCUT2D eigenvalue weighted by Crippen LogP contribution is 2.37. The summed E-state index contributed by atoms with van der Waals surface area (Å²) in [5.41, 5.74) is 7.71. The third-order valence-corrected chi connectivity index (χ3v) is 4.87. The smallest absolute Gasteiger partial charge is 0.236 e. The molecule has 0 unspecified atom stereocenters. The van der Waals surface area contributed by atoms with Crippen LogP contribution in [0.5, 0.6) is 0 Å². The van der Waals surface area contributed by atoms with Crippen LogP contribution in [0.15, 0.2) is 28.8 Å². The third kappa shape index (κ3) is 4.49. The summed E-state index contributed by atoms with van der Waals surface area (Å²) in [4.78, 5) is 16.2. The van der Waals surface area contributed by atoms with Gasteiger partial charge >= 0.3 is 0 Å². The van der Waals surface area contributed by atoms with Gasteiger partial charge < -0.3 is 15.6 Å². The van der Waals surface area contributed by atoms with E-state index in [9.17, 15) is 4.79 Å². The number of carbonyl (C=O) groups excluding carboxylic acids is 1. The number of aromatic nitrogens is 2. The molecule has 2 aromatic rings. The zero-order chi connectivity index (χ0) is 16.3. The van der Waals surface area contributed by atoms with Crippen molar-refractivity contribution in [2.75, 3.05) is 11.1 Å². The molecule has 1 aromatic carbocycles. The highest BCUT2D eigenvalue weighted by molar-refractivity contribution is 7.99. The zero-order valence-corrected chi connectivity index (χ0v) is 15.1. The van der Waals surface area contributed by atoms with Crippen LogP contribution in [0.3, 0.4) is 0 Å². The molecule has 3 N–H and O–H groups in total. The van der Waals surface area contributed by atoms with Crippen LogP contribution in [0.2, 0.25) is 0 Å². The SMILES string of the molecule is Cc1ccc(NC(=O)CSCc2nc(C3(N)CCC3)no2)cc1.Cl. The third-order valence-electron chi connectivity index (χ3n) is 3.95. The van der Waals surface area contributed by atoms with E-state index in [2.05, 4.69) is 15.5 Å². The number of rotatable bonds is 6. The van der Waals surface area contributed by atoms with Crippen molar-refractivity contribution in [3.05, 3.63) is 41.5 Å². The van der Waals surface area contributed by atoms with Crippen LogP contribution >= 0.6 is 24.2 Å². The number of hydrogen-bond acceptors (Lipinski definition) is 6. The summed E-state index contributed by atoms with van der Waals surface area (Å²) in [6, 6.07) is 7.71. The van der Waals surface area contributed by atoms with Gasteiger partial charge in [-0.05, 0) is 38.3 Å². The molecule has 1 saturated carbocycles. The number of nitrogens with one attached hydrogen (secondary N) is 1. The van der Waals surface area contributed by atoms with Crippen LogP contribution in [0.4, 0.5) is 5.69 Å². The minimum absolute atomic E-state index is 0. The summed E-state index contributed by atoms with van der Waals surface area (Å²) in [6.07, 6.45) is 2.91. The van der Waals surface area contributed by atoms with Gasteiger partial charge in [0.15, 0.2) is 5.82 Å². The number of aryl methyl sites for hydroxylation is 1. The fourth-order valence-corrected chi connectivity index (χ4v) is 3.01. The molecule has 1 aromatic heterocycles. The van der Waals surface area contributed by atoms with Crippen LogP contribution in [0.25, 0.3) is 0 Å². The molecule has 6 nitrogen and oxygen atoms in total. The number of carbonyl (C=O) groups is 1. The van der Waals surface area contributed by atoms with E-state index in [0.29, 0.717) is 23.2 Å². The molecule has 24 heavy (non-hydrogen) atoms. The number of anilines is 1. The molecule has 1 aliphatic carbocycles. The Morgan fingerprint density at radius 3 is 2.71 bits per heavy atom. The van der Waals surface area contributed by atoms with Crippen molar-refractivity contribution in [3.63, 3.8) is 0 Å². The van der Waals surface area contributed by atoms with Gasteiger partial charge in [0.1, 0.15) is 0 Å². The van der Waals surface area contributed by atoms with Gasteiger partial charge in [0.25, 0.3) is 0 Å². The molecular formula is C16H21ClN4O2S. The van der Waals surface area contributed by atoms with Crippen molar-refractivity contribution in [1.82, 2.24) is 10.1 Å². The number of benzene rings is 1. The molecule has 1 aliphatic rings. The molecule has 8 heteroatoms. The summed E-state index contributed by atoms with van der Waals surface area (Å²) in [6.45, 7) is 2.01. The van der Waals surface area contributed by atoms with Gasteiger partial charge in [-0.2, -0.15) is 4.98 Å². The van der Waals surface area contributed by atoms with Gasteiger partial charge in [0.2, 0.25) is 11.8 Å². The summed E-state index contributed by atoms with van der Waals surface area (Å²) in [5, 5.41) is 6.82. The lowest BCUT2D eigenvalue weighted by Crippen LogP contribution is -2.44. The van der Waals surface area contributed by atoms with E-state index in [0.717, 1.165) is 30.5 Å². The monoisotopic (exact) mass is 368 g/mol. The van der Waals surface area contributed by atoms with Crippen molar-refractivity contribution in [3.8, 4) is 0 Å². The van der Waals surface area contributed by atoms with Gasteiger partial charge in [-0.3, -0.25) is 4.79 Å². The highest BCUT2D eigenvalue weighted by atomic mass is 35.5. The molecule has 3 rings (SSSR count). The van der Waals surface area contributed by atoms with E-state index < -0.39 is 5.54 Å². The molecule has 130 valence electrons. The predicted octanol–water partition coefficient (Wildman–Crippen LogP) is 3.01. The van der Waals surface area contributed by atoms with E-state index in [1.54, 1.807) is 0 Å².